The summed E-state index contributed by atoms with van der Waals surface area (Å²) in [6, 6.07) is -1.02. The minimum Gasteiger partial charge on any atom is -0.481 e. The molecule has 1 aromatic heterocycles. The van der Waals surface area contributed by atoms with Crippen molar-refractivity contribution in [3.63, 3.8) is 0 Å². The van der Waals surface area contributed by atoms with Gasteiger partial charge in [-0.2, -0.15) is 13.2 Å². The fourth-order valence-corrected chi connectivity index (χ4v) is 5.15. The molecule has 14 heteroatoms. The van der Waals surface area contributed by atoms with E-state index in [1.54, 1.807) is 0 Å². The SMILES string of the molecule is C[C@H](N)C(=O)N[C@@]1(C(=O)O)C[C@@H](Sc2nnc(C(F)(F)F)[nH]2)[C@H]2[C@H](C(=O)O)[C@H]21. The third-order valence-electron chi connectivity index (χ3n) is 5.02. The number of carbonyl (C=O) groups excluding carboxylic acids is 1. The van der Waals surface area contributed by atoms with Crippen molar-refractivity contribution in [2.24, 2.45) is 23.5 Å². The highest BCUT2D eigenvalue weighted by Crippen LogP contribution is 2.65. The molecule has 3 rings (SSSR count). The van der Waals surface area contributed by atoms with Gasteiger partial charge >= 0.3 is 18.1 Å². The zero-order valence-corrected chi connectivity index (χ0v) is 15.0. The molecular weight excluding hydrogens is 407 g/mol. The van der Waals surface area contributed by atoms with Crippen LogP contribution in [0, 0.1) is 17.8 Å². The molecule has 6 atom stereocenters. The first-order valence-electron chi connectivity index (χ1n) is 8.09. The Kier molecular flexibility index (Phi) is 4.82. The Morgan fingerprint density at radius 3 is 2.46 bits per heavy atom. The Morgan fingerprint density at radius 2 is 2.00 bits per heavy atom. The number of fused-ring (bicyclic) bond motifs is 1. The largest absolute Gasteiger partial charge is 0.481 e. The summed E-state index contributed by atoms with van der Waals surface area (Å²) >= 11 is 0.776. The molecule has 1 amide bonds. The summed E-state index contributed by atoms with van der Waals surface area (Å²) < 4.78 is 38.0. The van der Waals surface area contributed by atoms with Crippen LogP contribution in [0.15, 0.2) is 5.16 Å². The van der Waals surface area contributed by atoms with Crippen LogP contribution < -0.4 is 11.1 Å². The second-order valence-electron chi connectivity index (χ2n) is 6.86. The van der Waals surface area contributed by atoms with Crippen LogP contribution in [0.25, 0.3) is 0 Å². The summed E-state index contributed by atoms with van der Waals surface area (Å²) in [5.74, 6) is -7.36. The molecule has 0 spiro atoms. The van der Waals surface area contributed by atoms with E-state index in [9.17, 15) is 37.8 Å². The average Bonchev–Trinajstić information content (AvgIpc) is 3.00. The third-order valence-corrected chi connectivity index (χ3v) is 6.21. The molecule has 0 aromatic carbocycles. The number of nitrogens with zero attached hydrogens (tertiary/aromatic N) is 2. The van der Waals surface area contributed by atoms with Crippen molar-refractivity contribution in [3.05, 3.63) is 5.82 Å². The van der Waals surface area contributed by atoms with Gasteiger partial charge in [0.2, 0.25) is 11.7 Å². The van der Waals surface area contributed by atoms with Gasteiger partial charge in [-0.1, -0.05) is 11.8 Å². The van der Waals surface area contributed by atoms with Crippen LogP contribution in [0.2, 0.25) is 0 Å². The molecule has 0 aliphatic heterocycles. The predicted octanol–water partition coefficient (Wildman–Crippen LogP) is -0.0785. The number of hydrogen-bond acceptors (Lipinski definition) is 7. The van der Waals surface area contributed by atoms with Crippen LogP contribution in [0.1, 0.15) is 19.2 Å². The number of alkyl halides is 3. The molecule has 28 heavy (non-hydrogen) atoms. The number of aliphatic carboxylic acids is 2. The van der Waals surface area contributed by atoms with E-state index in [1.165, 1.54) is 6.92 Å². The van der Waals surface area contributed by atoms with E-state index in [0.29, 0.717) is 0 Å². The summed E-state index contributed by atoms with van der Waals surface area (Å²) in [5.41, 5.74) is 3.60. The highest BCUT2D eigenvalue weighted by Gasteiger charge is 2.75. The molecule has 6 N–H and O–H groups in total. The molecule has 1 heterocycles. The molecule has 2 aliphatic rings. The number of thioether (sulfide) groups is 1. The van der Waals surface area contributed by atoms with Crippen molar-refractivity contribution in [1.29, 1.82) is 0 Å². The molecule has 0 bridgehead atoms. The van der Waals surface area contributed by atoms with E-state index in [0.717, 1.165) is 11.8 Å². The number of hydrogen-bond donors (Lipinski definition) is 5. The van der Waals surface area contributed by atoms with Crippen molar-refractivity contribution in [3.8, 4) is 0 Å². The lowest BCUT2D eigenvalue weighted by atomic mass is 9.89. The minimum atomic E-state index is -4.73. The second kappa shape index (κ2) is 6.62. The van der Waals surface area contributed by atoms with Gasteiger partial charge in [0.05, 0.1) is 12.0 Å². The molecule has 154 valence electrons. The number of rotatable bonds is 6. The monoisotopic (exact) mass is 423 g/mol. The first-order chi connectivity index (χ1) is 12.9. The molecule has 0 unspecified atom stereocenters. The fourth-order valence-electron chi connectivity index (χ4n) is 3.78. The first-order valence-corrected chi connectivity index (χ1v) is 8.97. The third kappa shape index (κ3) is 3.30. The molecular formula is C14H16F3N5O5S. The predicted molar refractivity (Wildman–Crippen MR) is 85.9 cm³/mol. The van der Waals surface area contributed by atoms with Crippen molar-refractivity contribution in [2.75, 3.05) is 0 Å². The number of carboxylic acids is 2. The van der Waals surface area contributed by atoms with Crippen molar-refractivity contribution < 1.29 is 37.8 Å². The van der Waals surface area contributed by atoms with E-state index < -0.39 is 64.4 Å². The normalized spacial score (nSPS) is 32.5. The van der Waals surface area contributed by atoms with Crippen molar-refractivity contribution in [2.45, 2.75) is 41.5 Å². The van der Waals surface area contributed by atoms with E-state index in [-0.39, 0.29) is 11.6 Å². The van der Waals surface area contributed by atoms with E-state index >= 15 is 0 Å². The number of nitrogens with one attached hydrogen (secondary N) is 2. The highest BCUT2D eigenvalue weighted by molar-refractivity contribution is 7.99. The summed E-state index contributed by atoms with van der Waals surface area (Å²) in [6.07, 6.45) is -4.92. The molecule has 10 nitrogen and oxygen atoms in total. The Bertz CT molecular complexity index is 831. The summed E-state index contributed by atoms with van der Waals surface area (Å²) in [4.78, 5) is 37.5. The lowest BCUT2D eigenvalue weighted by Gasteiger charge is -2.30. The average molecular weight is 423 g/mol. The lowest BCUT2D eigenvalue weighted by molar-refractivity contribution is -0.150. The molecule has 2 saturated carbocycles. The Morgan fingerprint density at radius 1 is 1.36 bits per heavy atom. The standard InChI is InChI=1S/C14H16F3N5O5S/c1-3(18)8(23)20-13(11(26)27)2-4(5-6(7(5)13)9(24)25)28-12-19-10(21-22-12)14(15,16)17/h3-7H,2,18H2,1H3,(H,20,23)(H,24,25)(H,26,27)(H,19,21,22)/t3-,4+,5-,6-,7-,13-/m0/s1. The van der Waals surface area contributed by atoms with Gasteiger partial charge in [-0.25, -0.2) is 4.79 Å². The topological polar surface area (TPSA) is 171 Å². The van der Waals surface area contributed by atoms with Crippen LogP contribution in [-0.4, -0.2) is 60.1 Å². The maximum Gasteiger partial charge on any atom is 0.451 e. The van der Waals surface area contributed by atoms with Crippen molar-refractivity contribution >= 4 is 29.6 Å². The van der Waals surface area contributed by atoms with Crippen LogP contribution in [0.3, 0.4) is 0 Å². The van der Waals surface area contributed by atoms with Crippen LogP contribution in [-0.2, 0) is 20.6 Å². The van der Waals surface area contributed by atoms with Gasteiger partial charge in [-0.05, 0) is 19.3 Å². The number of H-pyrrole nitrogens is 1. The smallest absolute Gasteiger partial charge is 0.451 e. The molecule has 2 fully saturated rings. The summed E-state index contributed by atoms with van der Waals surface area (Å²) in [7, 11) is 0. The molecule has 2 aliphatic carbocycles. The second-order valence-corrected chi connectivity index (χ2v) is 8.09. The van der Waals surface area contributed by atoms with Crippen LogP contribution in [0.5, 0.6) is 0 Å². The van der Waals surface area contributed by atoms with Gasteiger partial charge in [-0.15, -0.1) is 10.2 Å². The quantitative estimate of drug-likeness (QED) is 0.420. The van der Waals surface area contributed by atoms with Gasteiger partial charge in [-0.3, -0.25) is 9.59 Å². The van der Waals surface area contributed by atoms with E-state index in [4.69, 9.17) is 5.73 Å². The van der Waals surface area contributed by atoms with Gasteiger partial charge < -0.3 is 26.2 Å². The van der Waals surface area contributed by atoms with Gasteiger partial charge in [0.1, 0.15) is 5.54 Å². The van der Waals surface area contributed by atoms with Crippen LogP contribution >= 0.6 is 11.8 Å². The van der Waals surface area contributed by atoms with E-state index in [1.807, 2.05) is 4.98 Å². The minimum absolute atomic E-state index is 0.188. The lowest BCUT2D eigenvalue weighted by Crippen LogP contribution is -2.59. The first kappa shape index (κ1) is 20.4. The number of carboxylic acid groups (broad SMARTS) is 2. The number of halogens is 3. The maximum absolute atomic E-state index is 12.7. The molecule has 1 aromatic rings. The van der Waals surface area contributed by atoms with Crippen molar-refractivity contribution in [1.82, 2.24) is 20.5 Å². The number of amides is 1. The molecule has 0 saturated heterocycles. The Labute approximate surface area is 159 Å². The maximum atomic E-state index is 12.7. The van der Waals surface area contributed by atoms with Gasteiger partial charge in [0, 0.05) is 11.2 Å². The fraction of sp³-hybridized carbons (Fsp3) is 0.643. The van der Waals surface area contributed by atoms with Gasteiger partial charge in [0.25, 0.3) is 0 Å². The Hall–Kier alpha value is -2.35. The number of carbonyl (C=O) groups is 3. The summed E-state index contributed by atoms with van der Waals surface area (Å²) in [6.45, 7) is 1.35. The highest BCUT2D eigenvalue weighted by atomic mass is 32.2. The summed E-state index contributed by atoms with van der Waals surface area (Å²) in [5, 5.41) is 26.9. The zero-order chi connectivity index (χ0) is 21.0. The number of aromatic nitrogens is 3. The van der Waals surface area contributed by atoms with Crippen LogP contribution in [0.4, 0.5) is 13.2 Å². The zero-order valence-electron chi connectivity index (χ0n) is 14.2. The molecule has 0 radical (unpaired) electrons. The van der Waals surface area contributed by atoms with Gasteiger partial charge in [0.15, 0.2) is 5.16 Å². The van der Waals surface area contributed by atoms with E-state index in [2.05, 4.69) is 15.5 Å². The number of aromatic amines is 1. The Balaban J connectivity index is 1.87. The number of nitrogens with two attached hydrogens (primary N) is 1.